The molecule has 144 valence electrons. The van der Waals surface area contributed by atoms with Gasteiger partial charge in [0.15, 0.2) is 0 Å². The number of carbonyl (C=O) groups excluding carboxylic acids is 2. The van der Waals surface area contributed by atoms with E-state index in [9.17, 15) is 18.0 Å². The van der Waals surface area contributed by atoms with Crippen molar-refractivity contribution in [3.05, 3.63) is 53.0 Å². The molecule has 0 heterocycles. The van der Waals surface area contributed by atoms with E-state index in [0.29, 0.717) is 11.4 Å². The summed E-state index contributed by atoms with van der Waals surface area (Å²) < 4.78 is 27.5. The first-order chi connectivity index (χ1) is 12.7. The maximum absolute atomic E-state index is 12.8. The maximum atomic E-state index is 12.8. The minimum atomic E-state index is -3.84. The van der Waals surface area contributed by atoms with E-state index in [1.165, 1.54) is 31.2 Å². The summed E-state index contributed by atoms with van der Waals surface area (Å²) in [5.41, 5.74) is 1.08. The topological polar surface area (TPSA) is 95.6 Å². The molecule has 0 aliphatic heterocycles. The second kappa shape index (κ2) is 9.12. The summed E-state index contributed by atoms with van der Waals surface area (Å²) in [7, 11) is -3.84. The number of hydrogen-bond acceptors (Lipinski definition) is 4. The Kier molecular flexibility index (Phi) is 7.11. The van der Waals surface area contributed by atoms with Crippen LogP contribution < -0.4 is 10.6 Å². The van der Waals surface area contributed by atoms with Gasteiger partial charge in [0, 0.05) is 29.3 Å². The fraction of sp³-hybridized carbons (Fsp3) is 0.222. The van der Waals surface area contributed by atoms with Gasteiger partial charge in [0.25, 0.3) is 0 Å². The van der Waals surface area contributed by atoms with Crippen LogP contribution in [0.25, 0.3) is 0 Å². The maximum Gasteiger partial charge on any atom is 0.243 e. The third-order valence-electron chi connectivity index (χ3n) is 3.61. The molecule has 2 amide bonds. The number of rotatable bonds is 7. The van der Waals surface area contributed by atoms with Crippen molar-refractivity contribution in [2.24, 2.45) is 0 Å². The van der Waals surface area contributed by atoms with Crippen molar-refractivity contribution in [1.29, 1.82) is 0 Å². The second-order valence-electron chi connectivity index (χ2n) is 5.69. The zero-order chi connectivity index (χ0) is 20.0. The van der Waals surface area contributed by atoms with Gasteiger partial charge in [-0.15, -0.1) is 0 Å². The largest absolute Gasteiger partial charge is 0.326 e. The molecule has 0 atom stereocenters. The lowest BCUT2D eigenvalue weighted by Gasteiger charge is -2.20. The first-order valence-corrected chi connectivity index (χ1v) is 10.4. The number of amides is 2. The molecule has 0 fully saturated rings. The number of halogens is 1. The molecule has 2 aromatic carbocycles. The molecule has 2 aromatic rings. The molecular formula is C18H20BrN3O4S. The van der Waals surface area contributed by atoms with E-state index in [1.807, 2.05) is 0 Å². The van der Waals surface area contributed by atoms with Crippen LogP contribution in [-0.4, -0.2) is 37.6 Å². The van der Waals surface area contributed by atoms with E-state index >= 15 is 0 Å². The Morgan fingerprint density at radius 2 is 1.48 bits per heavy atom. The zero-order valence-electron chi connectivity index (χ0n) is 14.9. The monoisotopic (exact) mass is 453 g/mol. The minimum Gasteiger partial charge on any atom is -0.326 e. The lowest BCUT2D eigenvalue weighted by atomic mass is 10.3. The van der Waals surface area contributed by atoms with Gasteiger partial charge in [-0.2, -0.15) is 4.31 Å². The van der Waals surface area contributed by atoms with Gasteiger partial charge in [-0.25, -0.2) is 8.42 Å². The Hall–Kier alpha value is -2.23. The third kappa shape index (κ3) is 5.88. The van der Waals surface area contributed by atoms with Crippen LogP contribution >= 0.6 is 15.9 Å². The van der Waals surface area contributed by atoms with Gasteiger partial charge in [0.1, 0.15) is 0 Å². The molecule has 0 aromatic heterocycles. The molecule has 7 nitrogen and oxygen atoms in total. The molecule has 0 unspecified atom stereocenters. The number of nitrogens with one attached hydrogen (secondary N) is 2. The van der Waals surface area contributed by atoms with Gasteiger partial charge in [-0.1, -0.05) is 22.9 Å². The number of nitrogens with zero attached hydrogens (tertiary/aromatic N) is 1. The quantitative estimate of drug-likeness (QED) is 0.673. The lowest BCUT2D eigenvalue weighted by Crippen LogP contribution is -2.37. The van der Waals surface area contributed by atoms with Gasteiger partial charge in [-0.3, -0.25) is 9.59 Å². The van der Waals surface area contributed by atoms with Crippen LogP contribution in [0.3, 0.4) is 0 Å². The first kappa shape index (κ1) is 21.1. The molecule has 2 rings (SSSR count). The highest BCUT2D eigenvalue weighted by atomic mass is 79.9. The Bertz CT molecular complexity index is 913. The second-order valence-corrected chi connectivity index (χ2v) is 8.55. The highest BCUT2D eigenvalue weighted by molar-refractivity contribution is 9.10. The van der Waals surface area contributed by atoms with Crippen molar-refractivity contribution >= 4 is 49.1 Å². The predicted molar refractivity (Wildman–Crippen MR) is 108 cm³/mol. The van der Waals surface area contributed by atoms with Gasteiger partial charge in [0.2, 0.25) is 21.8 Å². The molecule has 0 aliphatic rings. The summed E-state index contributed by atoms with van der Waals surface area (Å²) in [6.07, 6.45) is 0. The fourth-order valence-corrected chi connectivity index (χ4v) is 3.99. The van der Waals surface area contributed by atoms with E-state index in [1.54, 1.807) is 31.2 Å². The van der Waals surface area contributed by atoms with Crippen molar-refractivity contribution in [2.75, 3.05) is 23.7 Å². The number of carbonyl (C=O) groups is 2. The van der Waals surface area contributed by atoms with E-state index in [4.69, 9.17) is 0 Å². The van der Waals surface area contributed by atoms with Crippen LogP contribution in [0.15, 0.2) is 57.9 Å². The minimum absolute atomic E-state index is 0.0508. The van der Waals surface area contributed by atoms with Gasteiger partial charge in [-0.05, 0) is 48.5 Å². The van der Waals surface area contributed by atoms with E-state index in [2.05, 4.69) is 26.6 Å². The fourth-order valence-electron chi connectivity index (χ4n) is 2.32. The molecule has 0 saturated carbocycles. The molecule has 0 aliphatic carbocycles. The summed E-state index contributed by atoms with van der Waals surface area (Å²) >= 11 is 3.31. The highest BCUT2D eigenvalue weighted by Crippen LogP contribution is 2.19. The smallest absolute Gasteiger partial charge is 0.243 e. The molecule has 2 N–H and O–H groups in total. The van der Waals surface area contributed by atoms with Crippen LogP contribution in [0, 0.1) is 0 Å². The van der Waals surface area contributed by atoms with Gasteiger partial charge >= 0.3 is 0 Å². The SMILES string of the molecule is CCN(CC(=O)Nc1ccc(Br)cc1)S(=O)(=O)c1ccc(NC(C)=O)cc1. The van der Waals surface area contributed by atoms with Crippen molar-refractivity contribution in [1.82, 2.24) is 4.31 Å². The number of sulfonamides is 1. The Balaban J connectivity index is 2.10. The summed E-state index contributed by atoms with van der Waals surface area (Å²) in [5.74, 6) is -0.678. The Morgan fingerprint density at radius 1 is 0.963 bits per heavy atom. The van der Waals surface area contributed by atoms with Gasteiger partial charge in [0.05, 0.1) is 11.4 Å². The standard InChI is InChI=1S/C18H20BrN3O4S/c1-3-22(12-18(24)21-16-6-4-14(19)5-7-16)27(25,26)17-10-8-15(9-11-17)20-13(2)23/h4-11H,3,12H2,1-2H3,(H,20,23)(H,21,24). The van der Waals surface area contributed by atoms with Crippen molar-refractivity contribution in [3.63, 3.8) is 0 Å². The Labute approximate surface area is 166 Å². The van der Waals surface area contributed by atoms with Crippen molar-refractivity contribution in [2.45, 2.75) is 18.7 Å². The normalized spacial score (nSPS) is 11.3. The number of likely N-dealkylation sites (N-methyl/N-ethyl adjacent to an activating group) is 1. The highest BCUT2D eigenvalue weighted by Gasteiger charge is 2.25. The molecule has 27 heavy (non-hydrogen) atoms. The first-order valence-electron chi connectivity index (χ1n) is 8.15. The number of anilines is 2. The average Bonchev–Trinajstić information content (AvgIpc) is 2.61. The summed E-state index contributed by atoms with van der Waals surface area (Å²) in [5, 5.41) is 5.25. The van der Waals surface area contributed by atoms with E-state index < -0.39 is 15.9 Å². The van der Waals surface area contributed by atoms with Crippen LogP contribution in [-0.2, 0) is 19.6 Å². The van der Waals surface area contributed by atoms with E-state index in [-0.39, 0.29) is 23.9 Å². The molecule has 9 heteroatoms. The van der Waals surface area contributed by atoms with Crippen LogP contribution in [0.2, 0.25) is 0 Å². The molecular weight excluding hydrogens is 434 g/mol. The molecule has 0 bridgehead atoms. The van der Waals surface area contributed by atoms with E-state index in [0.717, 1.165) is 8.78 Å². The van der Waals surface area contributed by atoms with Crippen molar-refractivity contribution in [3.8, 4) is 0 Å². The summed E-state index contributed by atoms with van der Waals surface area (Å²) in [4.78, 5) is 23.3. The molecule has 0 radical (unpaired) electrons. The third-order valence-corrected chi connectivity index (χ3v) is 6.08. The molecule has 0 spiro atoms. The molecule has 0 saturated heterocycles. The zero-order valence-corrected chi connectivity index (χ0v) is 17.3. The van der Waals surface area contributed by atoms with Gasteiger partial charge < -0.3 is 10.6 Å². The van der Waals surface area contributed by atoms with Crippen LogP contribution in [0.5, 0.6) is 0 Å². The average molecular weight is 454 g/mol. The number of hydrogen-bond donors (Lipinski definition) is 2. The lowest BCUT2D eigenvalue weighted by molar-refractivity contribution is -0.116. The summed E-state index contributed by atoms with van der Waals surface area (Å²) in [6, 6.07) is 12.8. The Morgan fingerprint density at radius 3 is 2.00 bits per heavy atom. The van der Waals surface area contributed by atoms with Crippen LogP contribution in [0.4, 0.5) is 11.4 Å². The summed E-state index contributed by atoms with van der Waals surface area (Å²) in [6.45, 7) is 2.87. The predicted octanol–water partition coefficient (Wildman–Crippen LogP) is 3.06. The number of benzene rings is 2. The van der Waals surface area contributed by atoms with Crippen LogP contribution in [0.1, 0.15) is 13.8 Å². The van der Waals surface area contributed by atoms with Crippen molar-refractivity contribution < 1.29 is 18.0 Å².